The molecule has 0 aliphatic heterocycles. The Labute approximate surface area is 63.7 Å². The maximum Gasteiger partial charge on any atom is 0.115 e. The number of rotatable bonds is 3. The number of nitrogens with zero attached hydrogens (tertiary/aromatic N) is 5. The molecule has 0 spiro atoms. The number of hydrogen-bond donors (Lipinski definition) is 0. The van der Waals surface area contributed by atoms with Crippen LogP contribution in [0.4, 0.5) is 0 Å². The molecule has 5 heteroatoms. The molecule has 0 fully saturated rings. The quantitative estimate of drug-likeness (QED) is 0.369. The molecule has 0 amide bonds. The molecule has 0 aromatic carbocycles. The van der Waals surface area contributed by atoms with Crippen LogP contribution in [0.15, 0.2) is 23.7 Å². The fourth-order valence-corrected chi connectivity index (χ4v) is 0.675. The Morgan fingerprint density at radius 2 is 2.55 bits per heavy atom. The van der Waals surface area contributed by atoms with E-state index in [2.05, 4.69) is 20.0 Å². The third-order valence-electron chi connectivity index (χ3n) is 1.17. The Bertz CT molecular complexity index is 251. The fourth-order valence-electron chi connectivity index (χ4n) is 0.675. The number of hydrogen-bond acceptors (Lipinski definition) is 3. The molecule has 0 atom stereocenters. The van der Waals surface area contributed by atoms with Gasteiger partial charge in [0.25, 0.3) is 0 Å². The minimum absolute atomic E-state index is 0.452. The average molecular weight is 149 g/mol. The van der Waals surface area contributed by atoms with Crippen LogP contribution in [0.25, 0.3) is 10.4 Å². The molecule has 5 nitrogen and oxygen atoms in total. The van der Waals surface area contributed by atoms with Gasteiger partial charge in [0.05, 0.1) is 0 Å². The summed E-state index contributed by atoms with van der Waals surface area (Å²) in [5.41, 5.74) is 8.87. The maximum absolute atomic E-state index is 7.97. The van der Waals surface area contributed by atoms with Gasteiger partial charge in [0.15, 0.2) is 0 Å². The summed E-state index contributed by atoms with van der Waals surface area (Å²) in [5, 5.41) is 3.39. The third-order valence-corrected chi connectivity index (χ3v) is 1.17. The lowest BCUT2D eigenvalue weighted by Crippen LogP contribution is -1.91. The van der Waals surface area contributed by atoms with E-state index in [9.17, 15) is 0 Å². The van der Waals surface area contributed by atoms with E-state index >= 15 is 0 Å². The van der Waals surface area contributed by atoms with Gasteiger partial charge in [-0.2, -0.15) is 0 Å². The number of aromatic nitrogens is 2. The van der Waals surface area contributed by atoms with Crippen molar-refractivity contribution in [3.63, 3.8) is 0 Å². The normalized spacial score (nSPS) is 8.73. The minimum atomic E-state index is 0.452. The molecule has 1 rings (SSSR count). The molecule has 1 aromatic heterocycles. The average Bonchev–Trinajstić information content (AvgIpc) is 2.07. The SMILES string of the molecule is [N-]=[N+]=NCCc1ccncn1. The van der Waals surface area contributed by atoms with Gasteiger partial charge in [-0.05, 0) is 18.0 Å². The summed E-state index contributed by atoms with van der Waals surface area (Å²) in [7, 11) is 0. The number of azide groups is 1. The maximum atomic E-state index is 7.97. The van der Waals surface area contributed by atoms with Gasteiger partial charge in [0.1, 0.15) is 6.33 Å². The van der Waals surface area contributed by atoms with Crippen LogP contribution in [0.1, 0.15) is 5.69 Å². The zero-order chi connectivity index (χ0) is 7.94. The Kier molecular flexibility index (Phi) is 2.89. The van der Waals surface area contributed by atoms with Gasteiger partial charge in [-0.15, -0.1) is 0 Å². The smallest absolute Gasteiger partial charge is 0.115 e. The van der Waals surface area contributed by atoms with E-state index in [0.29, 0.717) is 13.0 Å². The molecule has 0 bridgehead atoms. The highest BCUT2D eigenvalue weighted by atomic mass is 15.1. The van der Waals surface area contributed by atoms with Crippen LogP contribution in [0.2, 0.25) is 0 Å². The summed E-state index contributed by atoms with van der Waals surface area (Å²) in [6, 6.07) is 1.80. The van der Waals surface area contributed by atoms with Crippen LogP contribution < -0.4 is 0 Å². The van der Waals surface area contributed by atoms with Crippen LogP contribution in [0, 0.1) is 0 Å². The molecule has 0 radical (unpaired) electrons. The van der Waals surface area contributed by atoms with Gasteiger partial charge in [0.2, 0.25) is 0 Å². The largest absolute Gasteiger partial charge is 0.245 e. The highest BCUT2D eigenvalue weighted by Gasteiger charge is 1.89. The van der Waals surface area contributed by atoms with Crippen molar-refractivity contribution in [1.29, 1.82) is 0 Å². The molecule has 0 saturated carbocycles. The molecule has 0 aliphatic rings. The lowest BCUT2D eigenvalue weighted by Gasteiger charge is -1.92. The second-order valence-corrected chi connectivity index (χ2v) is 1.91. The predicted octanol–water partition coefficient (Wildman–Crippen LogP) is 1.33. The Hall–Kier alpha value is -1.61. The molecular weight excluding hydrogens is 142 g/mol. The second-order valence-electron chi connectivity index (χ2n) is 1.91. The first-order valence-electron chi connectivity index (χ1n) is 3.19. The summed E-state index contributed by atoms with van der Waals surface area (Å²) >= 11 is 0. The van der Waals surface area contributed by atoms with Crippen molar-refractivity contribution in [2.24, 2.45) is 5.11 Å². The Morgan fingerprint density at radius 3 is 3.18 bits per heavy atom. The van der Waals surface area contributed by atoms with E-state index in [0.717, 1.165) is 5.69 Å². The standard InChI is InChI=1S/C6H7N5/c7-11-10-4-2-6-1-3-8-5-9-6/h1,3,5H,2,4H2. The summed E-state index contributed by atoms with van der Waals surface area (Å²) in [6.07, 6.45) is 3.82. The Morgan fingerprint density at radius 1 is 1.64 bits per heavy atom. The van der Waals surface area contributed by atoms with Gasteiger partial charge < -0.3 is 0 Å². The summed E-state index contributed by atoms with van der Waals surface area (Å²) < 4.78 is 0. The van der Waals surface area contributed by atoms with E-state index in [-0.39, 0.29) is 0 Å². The lowest BCUT2D eigenvalue weighted by atomic mass is 10.3. The molecule has 0 saturated heterocycles. The van der Waals surface area contributed by atoms with E-state index in [1.165, 1.54) is 6.33 Å². The van der Waals surface area contributed by atoms with Crippen molar-refractivity contribution in [2.75, 3.05) is 6.54 Å². The highest BCUT2D eigenvalue weighted by Crippen LogP contribution is 1.92. The zero-order valence-electron chi connectivity index (χ0n) is 5.88. The van der Waals surface area contributed by atoms with Crippen LogP contribution >= 0.6 is 0 Å². The van der Waals surface area contributed by atoms with Crippen LogP contribution in [-0.4, -0.2) is 16.5 Å². The lowest BCUT2D eigenvalue weighted by molar-refractivity contribution is 0.902. The molecule has 11 heavy (non-hydrogen) atoms. The monoisotopic (exact) mass is 149 g/mol. The molecule has 56 valence electrons. The highest BCUT2D eigenvalue weighted by molar-refractivity contribution is 4.97. The minimum Gasteiger partial charge on any atom is -0.245 e. The van der Waals surface area contributed by atoms with E-state index < -0.39 is 0 Å². The van der Waals surface area contributed by atoms with Crippen LogP contribution in [0.5, 0.6) is 0 Å². The van der Waals surface area contributed by atoms with Crippen LogP contribution in [0.3, 0.4) is 0 Å². The molecule has 0 aliphatic carbocycles. The molecule has 0 unspecified atom stereocenters. The molecule has 0 N–H and O–H groups in total. The summed E-state index contributed by atoms with van der Waals surface area (Å²) in [5.74, 6) is 0. The van der Waals surface area contributed by atoms with Gasteiger partial charge in [-0.1, -0.05) is 5.11 Å². The van der Waals surface area contributed by atoms with Crippen molar-refractivity contribution in [1.82, 2.24) is 9.97 Å². The molecule has 1 aromatic rings. The van der Waals surface area contributed by atoms with Crippen molar-refractivity contribution < 1.29 is 0 Å². The van der Waals surface area contributed by atoms with E-state index in [1.54, 1.807) is 12.3 Å². The van der Waals surface area contributed by atoms with E-state index in [1.807, 2.05) is 0 Å². The van der Waals surface area contributed by atoms with Crippen molar-refractivity contribution in [3.8, 4) is 0 Å². The predicted molar refractivity (Wildman–Crippen MR) is 39.7 cm³/mol. The molecule has 1 heterocycles. The topological polar surface area (TPSA) is 74.5 Å². The van der Waals surface area contributed by atoms with Crippen LogP contribution in [-0.2, 0) is 6.42 Å². The van der Waals surface area contributed by atoms with E-state index in [4.69, 9.17) is 5.53 Å². The third kappa shape index (κ3) is 2.64. The first-order valence-corrected chi connectivity index (χ1v) is 3.19. The van der Waals surface area contributed by atoms with Crippen molar-refractivity contribution >= 4 is 0 Å². The van der Waals surface area contributed by atoms with Gasteiger partial charge in [0, 0.05) is 23.3 Å². The summed E-state index contributed by atoms with van der Waals surface area (Å²) in [6.45, 7) is 0.452. The van der Waals surface area contributed by atoms with Crippen molar-refractivity contribution in [3.05, 3.63) is 34.7 Å². The Balaban J connectivity index is 2.45. The first-order chi connectivity index (χ1) is 5.43. The van der Waals surface area contributed by atoms with Crippen molar-refractivity contribution in [2.45, 2.75) is 6.42 Å². The van der Waals surface area contributed by atoms with Gasteiger partial charge in [-0.3, -0.25) is 0 Å². The summed E-state index contributed by atoms with van der Waals surface area (Å²) in [4.78, 5) is 10.3. The van der Waals surface area contributed by atoms with Gasteiger partial charge in [-0.25, -0.2) is 9.97 Å². The first kappa shape index (κ1) is 7.50. The van der Waals surface area contributed by atoms with Gasteiger partial charge >= 0.3 is 0 Å². The molecular formula is C6H7N5. The fraction of sp³-hybridized carbons (Fsp3) is 0.333. The zero-order valence-corrected chi connectivity index (χ0v) is 5.88. The second kappa shape index (κ2) is 4.24.